The molecule has 0 unspecified atom stereocenters. The second-order valence-corrected chi connectivity index (χ2v) is 8.24. The zero-order valence-corrected chi connectivity index (χ0v) is 17.9. The third-order valence-electron chi connectivity index (χ3n) is 5.39. The first-order valence-electron chi connectivity index (χ1n) is 9.61. The van der Waals surface area contributed by atoms with Crippen LogP contribution in [0.2, 0.25) is 0 Å². The summed E-state index contributed by atoms with van der Waals surface area (Å²) in [7, 11) is 0.480. The van der Waals surface area contributed by atoms with Crippen molar-refractivity contribution in [1.82, 2.24) is 0 Å². The number of methoxy groups -OCH3 is 1. The molecule has 1 heterocycles. The lowest BCUT2D eigenvalue weighted by atomic mass is 9.78. The molecule has 2 amide bonds. The van der Waals surface area contributed by atoms with E-state index in [0.717, 1.165) is 12.1 Å². The van der Waals surface area contributed by atoms with Gasteiger partial charge in [0.05, 0.1) is 23.9 Å². The highest BCUT2D eigenvalue weighted by Crippen LogP contribution is 2.37. The number of anilines is 2. The van der Waals surface area contributed by atoms with Crippen molar-refractivity contribution in [2.45, 2.75) is 45.1 Å². The van der Waals surface area contributed by atoms with Crippen LogP contribution in [-0.4, -0.2) is 31.5 Å². The summed E-state index contributed by atoms with van der Waals surface area (Å²) in [6.07, 6.45) is -4.61. The van der Waals surface area contributed by atoms with E-state index in [0.29, 0.717) is 11.4 Å². The average Bonchev–Trinajstić information content (AvgIpc) is 2.88. The molecule has 0 saturated carbocycles. The number of rotatable bonds is 4. The molecule has 0 radical (unpaired) electrons. The largest absolute Gasteiger partial charge is 0.497 e. The summed E-state index contributed by atoms with van der Waals surface area (Å²) in [5.74, 6) is 0.528. The number of hydrogen-bond acceptors (Lipinski definition) is 4. The Morgan fingerprint density at radius 3 is 2.16 bits per heavy atom. The molecule has 166 valence electrons. The van der Waals surface area contributed by atoms with E-state index in [2.05, 4.69) is 10.6 Å². The Hall–Kier alpha value is -2.72. The number of carbonyl (C=O) groups is 1. The van der Waals surface area contributed by atoms with Gasteiger partial charge in [-0.15, -0.1) is 0 Å². The summed E-state index contributed by atoms with van der Waals surface area (Å²) in [6, 6.07) is 9.12. The Kier molecular flexibility index (Phi) is 5.99. The molecule has 1 saturated heterocycles. The summed E-state index contributed by atoms with van der Waals surface area (Å²) in [4.78, 5) is 12.4. The van der Waals surface area contributed by atoms with Gasteiger partial charge in [0.25, 0.3) is 0 Å². The zero-order chi connectivity index (χ0) is 23.0. The smallest absolute Gasteiger partial charge is 0.494 e. The predicted molar refractivity (Wildman–Crippen MR) is 113 cm³/mol. The van der Waals surface area contributed by atoms with Crippen molar-refractivity contribution in [2.75, 3.05) is 17.7 Å². The topological polar surface area (TPSA) is 68.8 Å². The van der Waals surface area contributed by atoms with E-state index >= 15 is 0 Å². The number of alkyl halides is 3. The average molecular weight is 436 g/mol. The van der Waals surface area contributed by atoms with Crippen LogP contribution in [0, 0.1) is 0 Å². The third kappa shape index (κ3) is 5.13. The van der Waals surface area contributed by atoms with Gasteiger partial charge in [-0.3, -0.25) is 0 Å². The van der Waals surface area contributed by atoms with Gasteiger partial charge in [0, 0.05) is 17.4 Å². The summed E-state index contributed by atoms with van der Waals surface area (Å²) in [5, 5.41) is 5.01. The molecule has 3 rings (SSSR count). The monoisotopic (exact) mass is 436 g/mol. The van der Waals surface area contributed by atoms with Crippen molar-refractivity contribution in [1.29, 1.82) is 0 Å². The van der Waals surface area contributed by atoms with Crippen LogP contribution in [0.4, 0.5) is 29.3 Å². The van der Waals surface area contributed by atoms with E-state index in [-0.39, 0.29) is 11.2 Å². The van der Waals surface area contributed by atoms with E-state index < -0.39 is 36.1 Å². The Bertz CT molecular complexity index is 963. The van der Waals surface area contributed by atoms with Crippen molar-refractivity contribution < 1.29 is 32.0 Å². The van der Waals surface area contributed by atoms with Crippen LogP contribution < -0.4 is 20.8 Å². The maximum absolute atomic E-state index is 13.5. The molecule has 6 nitrogen and oxygen atoms in total. The Labute approximate surface area is 179 Å². The first-order chi connectivity index (χ1) is 14.3. The quantitative estimate of drug-likeness (QED) is 0.685. The predicted octanol–water partition coefficient (Wildman–Crippen LogP) is 4.66. The SMILES string of the molecule is COc1cccc(NC(=O)Nc2cc(B3OC(C)(C)C(C)(C)O3)cc(C(F)(F)F)c2)c1. The van der Waals surface area contributed by atoms with Gasteiger partial charge in [-0.1, -0.05) is 12.1 Å². The lowest BCUT2D eigenvalue weighted by Crippen LogP contribution is -2.41. The first kappa shape index (κ1) is 23.0. The molecule has 10 heteroatoms. The van der Waals surface area contributed by atoms with Crippen LogP contribution in [0.15, 0.2) is 42.5 Å². The Balaban J connectivity index is 1.86. The Morgan fingerprint density at radius 1 is 0.968 bits per heavy atom. The normalized spacial score (nSPS) is 17.4. The number of ether oxygens (including phenoxy) is 1. The summed E-state index contributed by atoms with van der Waals surface area (Å²) < 4.78 is 57.3. The van der Waals surface area contributed by atoms with Crippen LogP contribution in [0.1, 0.15) is 33.3 Å². The summed E-state index contributed by atoms with van der Waals surface area (Å²) >= 11 is 0. The Morgan fingerprint density at radius 2 is 1.58 bits per heavy atom. The molecule has 0 spiro atoms. The van der Waals surface area contributed by atoms with Gasteiger partial charge in [0.1, 0.15) is 5.75 Å². The zero-order valence-electron chi connectivity index (χ0n) is 17.9. The second kappa shape index (κ2) is 8.09. The molecule has 0 aliphatic carbocycles. The van der Waals surface area contributed by atoms with Crippen molar-refractivity contribution in [3.05, 3.63) is 48.0 Å². The highest BCUT2D eigenvalue weighted by Gasteiger charge is 2.52. The lowest BCUT2D eigenvalue weighted by molar-refractivity contribution is -0.137. The van der Waals surface area contributed by atoms with Gasteiger partial charge < -0.3 is 24.7 Å². The molecule has 0 bridgehead atoms. The molecule has 31 heavy (non-hydrogen) atoms. The highest BCUT2D eigenvalue weighted by molar-refractivity contribution is 6.62. The lowest BCUT2D eigenvalue weighted by Gasteiger charge is -2.32. The first-order valence-corrected chi connectivity index (χ1v) is 9.61. The van der Waals surface area contributed by atoms with Crippen LogP contribution in [0.5, 0.6) is 5.75 Å². The van der Waals surface area contributed by atoms with E-state index in [9.17, 15) is 18.0 Å². The summed E-state index contributed by atoms with van der Waals surface area (Å²) in [6.45, 7) is 7.23. The van der Waals surface area contributed by atoms with Crippen molar-refractivity contribution >= 4 is 30.0 Å². The molecule has 2 N–H and O–H groups in total. The van der Waals surface area contributed by atoms with E-state index in [1.165, 1.54) is 13.2 Å². The number of urea groups is 1. The standard InChI is InChI=1S/C21H24BF3N2O4/c1-19(2)20(3,4)31-22(30-19)14-9-13(21(23,24)25)10-16(11-14)27-18(28)26-15-7-6-8-17(12-15)29-5/h6-12H,1-5H3,(H2,26,27,28). The van der Waals surface area contributed by atoms with Crippen LogP contribution in [0.3, 0.4) is 0 Å². The fraction of sp³-hybridized carbons (Fsp3) is 0.381. The fourth-order valence-corrected chi connectivity index (χ4v) is 3.00. The van der Waals surface area contributed by atoms with Gasteiger partial charge >= 0.3 is 19.3 Å². The molecule has 1 aliphatic heterocycles. The minimum absolute atomic E-state index is 0.0417. The number of hydrogen-bond donors (Lipinski definition) is 2. The van der Waals surface area contributed by atoms with Gasteiger partial charge in [-0.2, -0.15) is 13.2 Å². The maximum Gasteiger partial charge on any atom is 0.494 e. The van der Waals surface area contributed by atoms with Crippen LogP contribution in [-0.2, 0) is 15.5 Å². The molecule has 2 aromatic carbocycles. The van der Waals surface area contributed by atoms with E-state index in [4.69, 9.17) is 14.0 Å². The van der Waals surface area contributed by atoms with Gasteiger partial charge in [0.2, 0.25) is 0 Å². The molecular formula is C21H24BF3N2O4. The van der Waals surface area contributed by atoms with Gasteiger partial charge in [-0.25, -0.2) is 4.79 Å². The minimum atomic E-state index is -4.61. The third-order valence-corrected chi connectivity index (χ3v) is 5.39. The van der Waals surface area contributed by atoms with Gasteiger partial charge in [0.15, 0.2) is 0 Å². The number of halogens is 3. The summed E-state index contributed by atoms with van der Waals surface area (Å²) in [5.41, 5.74) is -1.82. The van der Waals surface area contributed by atoms with Crippen LogP contribution >= 0.6 is 0 Å². The number of benzene rings is 2. The maximum atomic E-state index is 13.5. The highest BCUT2D eigenvalue weighted by atomic mass is 19.4. The molecule has 0 aromatic heterocycles. The van der Waals surface area contributed by atoms with Crippen LogP contribution in [0.25, 0.3) is 0 Å². The van der Waals surface area contributed by atoms with Gasteiger partial charge in [-0.05, 0) is 57.4 Å². The molecule has 1 fully saturated rings. The molecular weight excluding hydrogens is 412 g/mol. The minimum Gasteiger partial charge on any atom is -0.497 e. The fourth-order valence-electron chi connectivity index (χ4n) is 3.00. The number of amides is 2. The van der Waals surface area contributed by atoms with E-state index in [1.54, 1.807) is 52.0 Å². The molecule has 1 aliphatic rings. The van der Waals surface area contributed by atoms with Crippen molar-refractivity contribution in [3.8, 4) is 5.75 Å². The molecule has 2 aromatic rings. The number of carbonyl (C=O) groups excluding carboxylic acids is 1. The molecule has 0 atom stereocenters. The number of nitrogens with one attached hydrogen (secondary N) is 2. The van der Waals surface area contributed by atoms with Crippen molar-refractivity contribution in [2.24, 2.45) is 0 Å². The van der Waals surface area contributed by atoms with E-state index in [1.807, 2.05) is 0 Å². The second-order valence-electron chi connectivity index (χ2n) is 8.24. The van der Waals surface area contributed by atoms with Crippen molar-refractivity contribution in [3.63, 3.8) is 0 Å².